The fourth-order valence-electron chi connectivity index (χ4n) is 6.17. The molecule has 1 aromatic heterocycles. The summed E-state index contributed by atoms with van der Waals surface area (Å²) in [6, 6.07) is 11.4. The molecule has 1 unspecified atom stereocenters. The number of nitrogens with one attached hydrogen (secondary N) is 3. The van der Waals surface area contributed by atoms with Crippen molar-refractivity contribution in [3.05, 3.63) is 101 Å². The van der Waals surface area contributed by atoms with Gasteiger partial charge in [-0.15, -0.1) is 0 Å². The minimum Gasteiger partial charge on any atom is -0.390 e. The molecule has 5 atom stereocenters. The van der Waals surface area contributed by atoms with Gasteiger partial charge in [-0.1, -0.05) is 70.9 Å². The first kappa shape index (κ1) is 42.1. The van der Waals surface area contributed by atoms with Crippen molar-refractivity contribution in [2.75, 3.05) is 5.75 Å². The molecular formula is C38H50F2N4O7S. The van der Waals surface area contributed by atoms with Crippen molar-refractivity contribution in [3.63, 3.8) is 0 Å². The van der Waals surface area contributed by atoms with E-state index in [-0.39, 0.29) is 17.7 Å². The average molecular weight is 745 g/mol. The van der Waals surface area contributed by atoms with Crippen molar-refractivity contribution in [1.29, 1.82) is 0 Å². The number of sulfone groups is 1. The molecular weight excluding hydrogens is 695 g/mol. The third-order valence-corrected chi connectivity index (χ3v) is 11.1. The monoisotopic (exact) mass is 744 g/mol. The van der Waals surface area contributed by atoms with E-state index in [9.17, 15) is 41.8 Å². The molecule has 0 saturated carbocycles. The molecule has 0 fully saturated rings. The maximum Gasteiger partial charge on any atom is 0.253 e. The molecule has 1 heterocycles. The van der Waals surface area contributed by atoms with Crippen LogP contribution in [0.15, 0.2) is 73.1 Å². The summed E-state index contributed by atoms with van der Waals surface area (Å²) in [6.45, 7) is 7.14. The smallest absolute Gasteiger partial charge is 0.253 e. The molecule has 0 radical (unpaired) electrons. The van der Waals surface area contributed by atoms with E-state index in [1.807, 2.05) is 19.9 Å². The minimum atomic E-state index is -3.98. The summed E-state index contributed by atoms with van der Waals surface area (Å²) in [7, 11) is -3.98. The highest BCUT2D eigenvalue weighted by Gasteiger charge is 2.40. The number of hydrogen-bond donors (Lipinski definition) is 5. The number of amides is 3. The molecule has 5 N–H and O–H groups in total. The Morgan fingerprint density at radius 1 is 0.827 bits per heavy atom. The number of nitrogens with zero attached hydrogens (tertiary/aromatic N) is 1. The Labute approximate surface area is 304 Å². The van der Waals surface area contributed by atoms with Gasteiger partial charge in [-0.25, -0.2) is 17.2 Å². The van der Waals surface area contributed by atoms with E-state index in [0.717, 1.165) is 17.7 Å². The largest absolute Gasteiger partial charge is 0.390 e. The van der Waals surface area contributed by atoms with Crippen LogP contribution in [0, 0.1) is 23.5 Å². The molecule has 3 aromatic rings. The molecule has 0 bridgehead atoms. The molecule has 284 valence electrons. The zero-order valence-corrected chi connectivity index (χ0v) is 30.8. The predicted octanol–water partition coefficient (Wildman–Crippen LogP) is 3.88. The Morgan fingerprint density at radius 3 is 2.02 bits per heavy atom. The molecule has 3 rings (SSSR count). The summed E-state index contributed by atoms with van der Waals surface area (Å²) >= 11 is 0. The van der Waals surface area contributed by atoms with Gasteiger partial charge in [-0.3, -0.25) is 19.4 Å². The number of aliphatic hydroxyl groups is 2. The van der Waals surface area contributed by atoms with Crippen LogP contribution >= 0.6 is 0 Å². The van der Waals surface area contributed by atoms with Gasteiger partial charge in [0.25, 0.3) is 5.91 Å². The third-order valence-electron chi connectivity index (χ3n) is 8.84. The molecule has 11 nitrogen and oxygen atoms in total. The van der Waals surface area contributed by atoms with Gasteiger partial charge in [-0.05, 0) is 60.6 Å². The lowest BCUT2D eigenvalue weighted by Crippen LogP contribution is -2.59. The molecule has 0 aliphatic rings. The number of carbonyl (C=O) groups is 3. The fraction of sp³-hybridized carbons (Fsp3) is 0.474. The molecule has 0 saturated heterocycles. The molecule has 14 heteroatoms. The lowest BCUT2D eigenvalue weighted by molar-refractivity contribution is -0.136. The van der Waals surface area contributed by atoms with Crippen molar-refractivity contribution in [3.8, 4) is 0 Å². The van der Waals surface area contributed by atoms with E-state index in [0.29, 0.717) is 31.7 Å². The van der Waals surface area contributed by atoms with Gasteiger partial charge in [0, 0.05) is 25.0 Å². The molecule has 2 aromatic carbocycles. The van der Waals surface area contributed by atoms with Crippen LogP contribution in [0.25, 0.3) is 0 Å². The summed E-state index contributed by atoms with van der Waals surface area (Å²) < 4.78 is 55.9. The summed E-state index contributed by atoms with van der Waals surface area (Å²) in [5, 5.41) is 30.1. The number of pyridine rings is 1. The van der Waals surface area contributed by atoms with Crippen LogP contribution in [0.1, 0.15) is 74.9 Å². The van der Waals surface area contributed by atoms with E-state index in [1.54, 1.807) is 38.1 Å². The van der Waals surface area contributed by atoms with Crippen molar-refractivity contribution in [2.45, 2.75) is 95.9 Å². The SMILES string of the molecule is CCCC(CCC)S(=O)(=O)CC(NC(=O)c1cccnc1)C(=O)N[C@@H](Cc1cc(F)cc(F)c1)[C@@H](O)[C@H](O)[C@H](C(=O)NCc1ccccc1)C(C)C. The predicted molar refractivity (Wildman–Crippen MR) is 194 cm³/mol. The van der Waals surface area contributed by atoms with Crippen molar-refractivity contribution in [2.24, 2.45) is 11.8 Å². The summed E-state index contributed by atoms with van der Waals surface area (Å²) in [6.07, 6.45) is 0.348. The molecule has 0 spiro atoms. The molecule has 0 aliphatic carbocycles. The van der Waals surface area contributed by atoms with Gasteiger partial charge in [0.1, 0.15) is 23.8 Å². The van der Waals surface area contributed by atoms with E-state index in [1.165, 1.54) is 24.5 Å². The van der Waals surface area contributed by atoms with Gasteiger partial charge in [-0.2, -0.15) is 0 Å². The second-order valence-electron chi connectivity index (χ2n) is 13.3. The summed E-state index contributed by atoms with van der Waals surface area (Å²) in [4.78, 5) is 44.6. The second kappa shape index (κ2) is 20.1. The maximum absolute atomic E-state index is 14.3. The van der Waals surface area contributed by atoms with Crippen LogP contribution < -0.4 is 16.0 Å². The lowest BCUT2D eigenvalue weighted by Gasteiger charge is -2.34. The van der Waals surface area contributed by atoms with Crippen molar-refractivity contribution < 1.29 is 41.8 Å². The van der Waals surface area contributed by atoms with Crippen LogP contribution in [0.4, 0.5) is 8.78 Å². The van der Waals surface area contributed by atoms with Gasteiger partial charge in [0.15, 0.2) is 9.84 Å². The second-order valence-corrected chi connectivity index (χ2v) is 15.7. The van der Waals surface area contributed by atoms with E-state index in [2.05, 4.69) is 20.9 Å². The maximum atomic E-state index is 14.3. The first-order valence-corrected chi connectivity index (χ1v) is 19.2. The number of halogens is 2. The minimum absolute atomic E-state index is 0.00167. The topological polar surface area (TPSA) is 175 Å². The van der Waals surface area contributed by atoms with Gasteiger partial charge < -0.3 is 26.2 Å². The number of rotatable bonds is 20. The van der Waals surface area contributed by atoms with Crippen LogP contribution in [-0.2, 0) is 32.4 Å². The number of carbonyl (C=O) groups excluding carboxylic acids is 3. The Hall–Kier alpha value is -4.27. The van der Waals surface area contributed by atoms with Crippen molar-refractivity contribution >= 4 is 27.6 Å². The number of benzene rings is 2. The normalized spacial score (nSPS) is 14.7. The third kappa shape index (κ3) is 12.4. The zero-order valence-electron chi connectivity index (χ0n) is 30.0. The summed E-state index contributed by atoms with van der Waals surface area (Å²) in [5.74, 6) is -6.77. The standard InChI is InChI=1S/C38H50F2N4O7S/c1-5-11-30(12-6-2)52(50,51)23-32(44-36(47)27-15-10-16-41-22-27)37(48)43-31(19-26-17-28(39)20-29(40)18-26)34(45)35(46)33(24(3)4)38(49)42-21-25-13-8-7-9-14-25/h7-10,13-18,20,22,24,30-35,45-46H,5-6,11-12,19,21,23H2,1-4H3,(H,42,49)(H,43,48)(H,44,47)/t31-,32?,33+,34+,35+/m0/s1. The Bertz CT molecular complexity index is 1690. The lowest BCUT2D eigenvalue weighted by atomic mass is 9.83. The molecule has 3 amide bonds. The zero-order chi connectivity index (χ0) is 38.4. The van der Waals surface area contributed by atoms with Crippen LogP contribution in [0.2, 0.25) is 0 Å². The number of hydrogen-bond acceptors (Lipinski definition) is 8. The van der Waals surface area contributed by atoms with Crippen molar-refractivity contribution in [1.82, 2.24) is 20.9 Å². The van der Waals surface area contributed by atoms with Gasteiger partial charge >= 0.3 is 0 Å². The molecule has 52 heavy (non-hydrogen) atoms. The first-order valence-electron chi connectivity index (χ1n) is 17.5. The average Bonchev–Trinajstić information content (AvgIpc) is 3.09. The van der Waals surface area contributed by atoms with Crippen LogP contribution in [-0.4, -0.2) is 76.6 Å². The van der Waals surface area contributed by atoms with E-state index < -0.39 is 92.7 Å². The summed E-state index contributed by atoms with van der Waals surface area (Å²) in [5.41, 5.74) is 0.846. The quantitative estimate of drug-likeness (QED) is 0.116. The Kier molecular flexibility index (Phi) is 16.3. The van der Waals surface area contributed by atoms with E-state index >= 15 is 0 Å². The van der Waals surface area contributed by atoms with Gasteiger partial charge in [0.05, 0.1) is 34.6 Å². The first-order chi connectivity index (χ1) is 24.7. The highest BCUT2D eigenvalue weighted by atomic mass is 32.2. The highest BCUT2D eigenvalue weighted by Crippen LogP contribution is 2.23. The Balaban J connectivity index is 1.98. The fourth-order valence-corrected chi connectivity index (χ4v) is 8.33. The molecule has 0 aliphatic heterocycles. The Morgan fingerprint density at radius 2 is 1.46 bits per heavy atom. The highest BCUT2D eigenvalue weighted by molar-refractivity contribution is 7.92. The van der Waals surface area contributed by atoms with Gasteiger partial charge in [0.2, 0.25) is 11.8 Å². The number of aromatic nitrogens is 1. The van der Waals surface area contributed by atoms with Crippen LogP contribution in [0.5, 0.6) is 0 Å². The van der Waals surface area contributed by atoms with E-state index in [4.69, 9.17) is 0 Å². The van der Waals surface area contributed by atoms with Crippen LogP contribution in [0.3, 0.4) is 0 Å². The number of aliphatic hydroxyl groups excluding tert-OH is 2.